The number of hydrogen-bond acceptors (Lipinski definition) is 24. The molecular weight excluding hydrogens is 1730 g/mol. The van der Waals surface area contributed by atoms with E-state index in [0.717, 1.165) is 43.2 Å². The van der Waals surface area contributed by atoms with Crippen LogP contribution >= 0.6 is 23.2 Å². The van der Waals surface area contributed by atoms with Crippen LogP contribution in [0.25, 0.3) is 0 Å². The zero-order valence-corrected chi connectivity index (χ0v) is 76.3. The highest BCUT2D eigenvalue weighted by molar-refractivity contribution is 6.49. The quantitative estimate of drug-likeness (QED) is 0.0186. The lowest BCUT2D eigenvalue weighted by molar-refractivity contribution is -0.120. The third-order valence-electron chi connectivity index (χ3n) is 23.1. The summed E-state index contributed by atoms with van der Waals surface area (Å²) >= 11 is 12.3. The molecular formula is C90H110B6Cl2F2O30. The Morgan fingerprint density at radius 3 is 0.892 bits per heavy atom. The minimum atomic E-state index is -1.31. The molecule has 6 heterocycles. The number of Topliss-reactive ketones (excluding diaryl/α,β-unsaturated/α-hetero) is 6. The van der Waals surface area contributed by atoms with E-state index in [9.17, 15) is 127 Å². The minimum absolute atomic E-state index is 0.00177. The number of hydrogen-bond donors (Lipinski definition) is 12. The molecule has 0 unspecified atom stereocenters. The van der Waals surface area contributed by atoms with Crippen molar-refractivity contribution in [3.8, 4) is 34.5 Å². The van der Waals surface area contributed by atoms with Gasteiger partial charge in [0.15, 0.2) is 0 Å². The standard InChI is InChI=1S/2C15H18BClO5.2C15H18BFO5.2C15H19BO5/c1-3-4-11(18)7-10-5-9-6-12(17)8(2)13(15(19)20)14(9)22-16(10)21;1-3-4-10(18)6-9-7-11-13(17)8(2)5-12(15(19)20)14(11)22-16(9)21;1-3-4-11(18)7-10-5-9-6-12(17)8(2)13(15(19)20)14(9)22-16(10)21;1-3-4-10(18)6-9-7-11-13(17)8(2)5-12(15(19)20)14(11)22-16(9)21;2*1-3-4-12(17)8-11-7-10-6-5-9(2)13(15(18)19)14(10)21-16(11)20/h6,10,21H,3-5,7H2,1-2H3,(H,19,20);5,9,21H,3-4,6-7H2,1-2H3,(H,19,20);6,10,21H,3-5,7H2,1-2H3,(H,19,20);5,9,21H,3-4,6-7H2,1-2H3,(H,19,20);2*5-6,11,20H,3-4,7-8H2,1-2H3,(H,18,19)/t10-;9-;10-;9-;2*11-/m101011/s1. The first-order valence-corrected chi connectivity index (χ1v) is 44.1. The summed E-state index contributed by atoms with van der Waals surface area (Å²) in [5.41, 5.74) is 5.22. The highest BCUT2D eigenvalue weighted by Crippen LogP contribution is 2.47. The number of carboxylic acids is 6. The van der Waals surface area contributed by atoms with Crippen molar-refractivity contribution >= 4 is 136 Å². The van der Waals surface area contributed by atoms with Crippen LogP contribution in [0.1, 0.15) is 286 Å². The number of fused-ring (bicyclic) bond motifs is 6. The maximum absolute atomic E-state index is 14.3. The average Bonchev–Trinajstić information content (AvgIpc) is 0.770. The van der Waals surface area contributed by atoms with Gasteiger partial charge in [0.2, 0.25) is 0 Å². The van der Waals surface area contributed by atoms with Gasteiger partial charge in [-0.2, -0.15) is 0 Å². The fourth-order valence-electron chi connectivity index (χ4n) is 16.5. The lowest BCUT2D eigenvalue weighted by Crippen LogP contribution is -2.36. The van der Waals surface area contributed by atoms with Crippen LogP contribution in [-0.4, -0.2) is 174 Å². The van der Waals surface area contributed by atoms with Gasteiger partial charge in [-0.25, -0.2) is 37.5 Å². The zero-order chi connectivity index (χ0) is 96.9. The maximum Gasteiger partial charge on any atom is 0.526 e. The molecule has 6 aromatic rings. The molecule has 12 N–H and O–H groups in total. The van der Waals surface area contributed by atoms with Gasteiger partial charge in [-0.05, 0) is 193 Å². The largest absolute Gasteiger partial charge is 0.535 e. The van der Waals surface area contributed by atoms with E-state index in [2.05, 4.69) is 0 Å². The molecule has 696 valence electrons. The molecule has 0 spiro atoms. The second-order valence-electron chi connectivity index (χ2n) is 33.5. The number of aryl methyl sites for hydroxylation is 4. The van der Waals surface area contributed by atoms with E-state index >= 15 is 0 Å². The van der Waals surface area contributed by atoms with Crippen LogP contribution in [0.3, 0.4) is 0 Å². The van der Waals surface area contributed by atoms with Crippen molar-refractivity contribution in [1.82, 2.24) is 0 Å². The Bertz CT molecular complexity index is 4920. The SMILES string of the molecule is CCCC(=O)C[C@H]1Cc2c(Cl)c(C)cc(C(=O)O)c2OB1O.CCCC(=O)C[C@H]1Cc2c(F)c(C)cc(C(=O)O)c2OB1O.CCCC(=O)C[C@H]1Cc2cc(Cl)c(C)c(C(=O)O)c2OB1O.CCCC(=O)C[C@H]1Cc2cc(F)c(C)c(C(=O)O)c2OB1O.CCCC(=O)C[C@H]1Cc2ccc(C)c(C(=O)O)c2OB1O.CCCC(=O)C[C@H]1Cc2ccc(C)c(C(=O)O)c2OB1O. The van der Waals surface area contributed by atoms with Crippen molar-refractivity contribution in [1.29, 1.82) is 0 Å². The second-order valence-corrected chi connectivity index (χ2v) is 34.3. The van der Waals surface area contributed by atoms with Gasteiger partial charge >= 0.3 is 78.5 Å². The summed E-state index contributed by atoms with van der Waals surface area (Å²) in [4.78, 5) is 139. The molecule has 130 heavy (non-hydrogen) atoms. The highest BCUT2D eigenvalue weighted by Gasteiger charge is 2.46. The van der Waals surface area contributed by atoms with Crippen molar-refractivity contribution < 1.29 is 155 Å². The van der Waals surface area contributed by atoms with Gasteiger partial charge in [-0.15, -0.1) is 0 Å². The second kappa shape index (κ2) is 48.6. The third-order valence-corrected chi connectivity index (χ3v) is 24.0. The van der Waals surface area contributed by atoms with Crippen molar-refractivity contribution in [3.63, 3.8) is 0 Å². The van der Waals surface area contributed by atoms with Gasteiger partial charge in [0.05, 0.1) is 5.02 Å². The summed E-state index contributed by atoms with van der Waals surface area (Å²) in [6.07, 6.45) is 10.2. The van der Waals surface area contributed by atoms with E-state index in [0.29, 0.717) is 120 Å². The van der Waals surface area contributed by atoms with E-state index < -0.39 is 108 Å². The molecule has 0 saturated carbocycles. The summed E-state index contributed by atoms with van der Waals surface area (Å²) in [5.74, 6) is -9.76. The normalized spacial score (nSPS) is 17.0. The van der Waals surface area contributed by atoms with Gasteiger partial charge < -0.3 is 88.7 Å². The Morgan fingerprint density at radius 2 is 0.585 bits per heavy atom. The van der Waals surface area contributed by atoms with Gasteiger partial charge in [0.1, 0.15) is 114 Å². The van der Waals surface area contributed by atoms with Gasteiger partial charge in [-0.1, -0.05) is 89.0 Å². The molecule has 0 bridgehead atoms. The Hall–Kier alpha value is -10.5. The Morgan fingerprint density at radius 1 is 0.323 bits per heavy atom. The summed E-state index contributed by atoms with van der Waals surface area (Å²) in [7, 11) is -7.25. The number of carboxylic acid groups (broad SMARTS) is 6. The molecule has 0 amide bonds. The highest BCUT2D eigenvalue weighted by atomic mass is 35.5. The first-order valence-electron chi connectivity index (χ1n) is 43.4. The van der Waals surface area contributed by atoms with Crippen LogP contribution in [0.2, 0.25) is 44.9 Å². The van der Waals surface area contributed by atoms with Gasteiger partial charge in [0, 0.05) is 134 Å². The van der Waals surface area contributed by atoms with E-state index in [1.807, 2.05) is 41.5 Å². The number of ketones is 6. The summed E-state index contributed by atoms with van der Waals surface area (Å²) in [6.45, 7) is 21.0. The Balaban J connectivity index is 0.000000213. The molecule has 6 aromatic carbocycles. The summed E-state index contributed by atoms with van der Waals surface area (Å²) in [5, 5.41) is 117. The van der Waals surface area contributed by atoms with E-state index in [4.69, 9.17) is 51.1 Å². The van der Waals surface area contributed by atoms with Crippen molar-refractivity contribution in [3.05, 3.63) is 170 Å². The van der Waals surface area contributed by atoms with Gasteiger partial charge in [0.25, 0.3) is 0 Å². The first-order chi connectivity index (χ1) is 61.3. The molecule has 0 radical (unpaired) electrons. The number of rotatable bonds is 30. The van der Waals surface area contributed by atoms with Crippen LogP contribution in [0.4, 0.5) is 8.78 Å². The van der Waals surface area contributed by atoms with E-state index in [1.165, 1.54) is 32.0 Å². The molecule has 0 aromatic heterocycles. The monoisotopic (exact) mass is 1840 g/mol. The van der Waals surface area contributed by atoms with Gasteiger partial charge in [-0.3, -0.25) is 28.8 Å². The zero-order valence-electron chi connectivity index (χ0n) is 74.7. The molecule has 0 saturated heterocycles. The molecule has 40 heteroatoms. The minimum Gasteiger partial charge on any atom is -0.535 e. The molecule has 0 fully saturated rings. The van der Waals surface area contributed by atoms with Crippen molar-refractivity contribution in [2.45, 2.75) is 272 Å². The third kappa shape index (κ3) is 27.4. The summed E-state index contributed by atoms with van der Waals surface area (Å²) < 4.78 is 60.3. The number of benzene rings is 6. The topological polar surface area (TPSA) is 503 Å². The van der Waals surface area contributed by atoms with Crippen LogP contribution < -0.4 is 27.9 Å². The first kappa shape index (κ1) is 107. The van der Waals surface area contributed by atoms with Crippen LogP contribution in [-0.2, 0) is 67.3 Å². The predicted octanol–water partition coefficient (Wildman–Crippen LogP) is 15.0. The Labute approximate surface area is 764 Å². The number of carbonyl (C=O) groups is 12. The van der Waals surface area contributed by atoms with E-state index in [1.54, 1.807) is 58.0 Å². The molecule has 30 nitrogen and oxygen atoms in total. The fraction of sp³-hybridized carbons (Fsp3) is 0.467. The predicted molar refractivity (Wildman–Crippen MR) is 482 cm³/mol. The molecule has 6 aliphatic heterocycles. The molecule has 0 aliphatic carbocycles. The van der Waals surface area contributed by atoms with Crippen molar-refractivity contribution in [2.24, 2.45) is 0 Å². The fourth-order valence-corrected chi connectivity index (χ4v) is 16.9. The lowest BCUT2D eigenvalue weighted by Gasteiger charge is -2.29. The van der Waals surface area contributed by atoms with E-state index in [-0.39, 0.29) is 188 Å². The maximum atomic E-state index is 14.3. The lowest BCUT2D eigenvalue weighted by atomic mass is 9.64. The van der Waals surface area contributed by atoms with Crippen molar-refractivity contribution in [2.75, 3.05) is 0 Å². The molecule has 6 atom stereocenters. The molecule has 12 rings (SSSR count). The average molecular weight is 1850 g/mol. The molecule has 6 aliphatic rings. The number of aromatic carboxylic acids is 6. The van der Waals surface area contributed by atoms with Crippen LogP contribution in [0.15, 0.2) is 48.5 Å². The van der Waals surface area contributed by atoms with Crippen LogP contribution in [0.5, 0.6) is 34.5 Å². The number of halogens is 4. The number of carbonyl (C=O) groups excluding carboxylic acids is 6. The smallest absolute Gasteiger partial charge is 0.526 e. The Kier molecular flexibility index (Phi) is 39.9. The summed E-state index contributed by atoms with van der Waals surface area (Å²) in [6, 6.07) is 12.6. The van der Waals surface area contributed by atoms with Crippen LogP contribution in [0, 0.1) is 53.2 Å².